The smallest absolute Gasteiger partial charge is 0.323 e. The maximum absolute atomic E-state index is 13.0. The minimum absolute atomic E-state index is 0.213. The molecule has 7 heteroatoms. The molecule has 6 nitrogen and oxygen atoms in total. The Labute approximate surface area is 146 Å². The third-order valence-electron chi connectivity index (χ3n) is 4.68. The van der Waals surface area contributed by atoms with E-state index in [4.69, 9.17) is 4.74 Å². The van der Waals surface area contributed by atoms with E-state index in [1.807, 2.05) is 4.90 Å². The fourth-order valence-corrected chi connectivity index (χ4v) is 2.92. The van der Waals surface area contributed by atoms with Gasteiger partial charge in [-0.15, -0.1) is 0 Å². The minimum atomic E-state index is -0.385. The van der Waals surface area contributed by atoms with Crippen LogP contribution in [0.3, 0.4) is 0 Å². The molecule has 1 saturated heterocycles. The Bertz CT molecular complexity index is 610. The molecular weight excluding hydrogens is 325 g/mol. The molecule has 1 atom stereocenters. The lowest BCUT2D eigenvalue weighted by molar-refractivity contribution is -0.153. The van der Waals surface area contributed by atoms with Gasteiger partial charge in [0.1, 0.15) is 11.9 Å². The summed E-state index contributed by atoms with van der Waals surface area (Å²) in [7, 11) is 0. The minimum Gasteiger partial charge on any atom is -0.454 e. The summed E-state index contributed by atoms with van der Waals surface area (Å²) < 4.78 is 18.1. The number of esters is 1. The summed E-state index contributed by atoms with van der Waals surface area (Å²) in [5.74, 6) is -0.852. The van der Waals surface area contributed by atoms with Gasteiger partial charge < -0.3 is 15.0 Å². The van der Waals surface area contributed by atoms with Crippen molar-refractivity contribution in [3.05, 3.63) is 30.1 Å². The van der Waals surface area contributed by atoms with Gasteiger partial charge in [-0.3, -0.25) is 14.5 Å². The summed E-state index contributed by atoms with van der Waals surface area (Å²) in [6.07, 6.45) is 2.02. The highest BCUT2D eigenvalue weighted by Crippen LogP contribution is 2.19. The summed E-state index contributed by atoms with van der Waals surface area (Å²) in [5, 5.41) is 2.79. The second-order valence-electron chi connectivity index (χ2n) is 6.62. The number of amides is 1. The number of halogens is 1. The number of nitrogens with zero attached hydrogens (tertiary/aromatic N) is 2. The van der Waals surface area contributed by atoms with Gasteiger partial charge in [-0.05, 0) is 44.0 Å². The maximum atomic E-state index is 13.0. The molecule has 136 valence electrons. The van der Waals surface area contributed by atoms with Crippen molar-refractivity contribution in [1.29, 1.82) is 0 Å². The first kappa shape index (κ1) is 17.7. The van der Waals surface area contributed by atoms with Crippen LogP contribution in [0.4, 0.5) is 10.1 Å². The lowest BCUT2D eigenvalue weighted by Crippen LogP contribution is -2.52. The first-order valence-electron chi connectivity index (χ1n) is 8.73. The van der Waals surface area contributed by atoms with Gasteiger partial charge in [0, 0.05) is 37.9 Å². The highest BCUT2D eigenvalue weighted by Gasteiger charge is 2.28. The van der Waals surface area contributed by atoms with Crippen molar-refractivity contribution in [3.63, 3.8) is 0 Å². The van der Waals surface area contributed by atoms with Crippen LogP contribution in [-0.2, 0) is 14.3 Å². The fourth-order valence-electron chi connectivity index (χ4n) is 2.92. The number of nitrogens with one attached hydrogen (secondary N) is 1. The summed E-state index contributed by atoms with van der Waals surface area (Å²) in [6.45, 7) is 4.52. The highest BCUT2D eigenvalue weighted by molar-refractivity contribution is 5.82. The van der Waals surface area contributed by atoms with Gasteiger partial charge in [-0.2, -0.15) is 0 Å². The van der Waals surface area contributed by atoms with Crippen molar-refractivity contribution in [2.75, 3.05) is 37.7 Å². The van der Waals surface area contributed by atoms with Crippen LogP contribution >= 0.6 is 0 Å². The third kappa shape index (κ3) is 4.92. The molecule has 1 aliphatic carbocycles. The van der Waals surface area contributed by atoms with Gasteiger partial charge in [0.2, 0.25) is 0 Å². The average Bonchev–Trinajstić information content (AvgIpc) is 3.44. The second-order valence-corrected chi connectivity index (χ2v) is 6.62. The third-order valence-corrected chi connectivity index (χ3v) is 4.68. The molecule has 1 aromatic carbocycles. The molecule has 1 heterocycles. The monoisotopic (exact) mass is 349 g/mol. The number of piperazine rings is 1. The summed E-state index contributed by atoms with van der Waals surface area (Å²) in [5.41, 5.74) is 0.980. The van der Waals surface area contributed by atoms with E-state index in [-0.39, 0.29) is 36.4 Å². The van der Waals surface area contributed by atoms with Gasteiger partial charge in [-0.1, -0.05) is 0 Å². The zero-order valence-corrected chi connectivity index (χ0v) is 14.4. The van der Waals surface area contributed by atoms with Crippen LogP contribution in [0.1, 0.15) is 19.8 Å². The van der Waals surface area contributed by atoms with E-state index in [1.165, 1.54) is 12.1 Å². The van der Waals surface area contributed by atoms with Crippen LogP contribution in [0.5, 0.6) is 0 Å². The number of benzene rings is 1. The molecule has 3 rings (SSSR count). The standard InChI is InChI=1S/C18H24FN3O3/c1-13(18(24)25-12-17(23)20-15-4-5-15)21-8-10-22(11-9-21)16-6-2-14(19)3-7-16/h2-3,6-7,13,15H,4-5,8-12H2,1H3,(H,20,23)/t13-/m0/s1. The number of carbonyl (C=O) groups is 2. The lowest BCUT2D eigenvalue weighted by atomic mass is 10.2. The van der Waals surface area contributed by atoms with Crippen LogP contribution in [0, 0.1) is 5.82 Å². The van der Waals surface area contributed by atoms with Crippen molar-refractivity contribution in [2.24, 2.45) is 0 Å². The lowest BCUT2D eigenvalue weighted by Gasteiger charge is -2.38. The Balaban J connectivity index is 1.42. The molecule has 1 saturated carbocycles. The fraction of sp³-hybridized carbons (Fsp3) is 0.556. The van der Waals surface area contributed by atoms with Crippen molar-refractivity contribution in [3.8, 4) is 0 Å². The molecule has 1 aromatic rings. The Hall–Kier alpha value is -2.15. The Morgan fingerprint density at radius 2 is 1.84 bits per heavy atom. The molecule has 2 fully saturated rings. The van der Waals surface area contributed by atoms with E-state index in [0.717, 1.165) is 31.6 Å². The SMILES string of the molecule is C[C@@H](C(=O)OCC(=O)NC1CC1)N1CCN(c2ccc(F)cc2)CC1. The Kier molecular flexibility index (Phi) is 5.53. The number of hydrogen-bond donors (Lipinski definition) is 1. The summed E-state index contributed by atoms with van der Waals surface area (Å²) in [6, 6.07) is 6.32. The van der Waals surface area contributed by atoms with Crippen LogP contribution in [-0.4, -0.2) is 61.6 Å². The van der Waals surface area contributed by atoms with E-state index in [1.54, 1.807) is 19.1 Å². The predicted molar refractivity (Wildman–Crippen MR) is 91.8 cm³/mol. The molecule has 0 unspecified atom stereocenters. The van der Waals surface area contributed by atoms with Gasteiger partial charge in [0.25, 0.3) is 5.91 Å². The summed E-state index contributed by atoms with van der Waals surface area (Å²) >= 11 is 0. The zero-order valence-electron chi connectivity index (χ0n) is 14.4. The van der Waals surface area contributed by atoms with E-state index < -0.39 is 0 Å². The highest BCUT2D eigenvalue weighted by atomic mass is 19.1. The number of anilines is 1. The van der Waals surface area contributed by atoms with E-state index in [9.17, 15) is 14.0 Å². The molecule has 1 N–H and O–H groups in total. The molecule has 1 amide bonds. The maximum Gasteiger partial charge on any atom is 0.323 e. The van der Waals surface area contributed by atoms with E-state index in [0.29, 0.717) is 13.1 Å². The first-order chi connectivity index (χ1) is 12.0. The van der Waals surface area contributed by atoms with Gasteiger partial charge in [0.05, 0.1) is 0 Å². The van der Waals surface area contributed by atoms with Crippen molar-refractivity contribution < 1.29 is 18.7 Å². The normalized spacial score (nSPS) is 19.4. The van der Waals surface area contributed by atoms with Gasteiger partial charge >= 0.3 is 5.97 Å². The Morgan fingerprint density at radius 1 is 1.20 bits per heavy atom. The van der Waals surface area contributed by atoms with E-state index in [2.05, 4.69) is 10.2 Å². The average molecular weight is 349 g/mol. The zero-order chi connectivity index (χ0) is 17.8. The number of rotatable bonds is 6. The Morgan fingerprint density at radius 3 is 2.44 bits per heavy atom. The number of carbonyl (C=O) groups excluding carboxylic acids is 2. The molecular formula is C18H24FN3O3. The van der Waals surface area contributed by atoms with E-state index >= 15 is 0 Å². The van der Waals surface area contributed by atoms with Crippen molar-refractivity contribution in [2.45, 2.75) is 31.8 Å². The quantitative estimate of drug-likeness (QED) is 0.781. The molecule has 2 aliphatic rings. The van der Waals surface area contributed by atoms with Gasteiger partial charge in [0.15, 0.2) is 6.61 Å². The molecule has 25 heavy (non-hydrogen) atoms. The van der Waals surface area contributed by atoms with Crippen LogP contribution in [0.2, 0.25) is 0 Å². The molecule has 0 spiro atoms. The molecule has 1 aliphatic heterocycles. The number of hydrogen-bond acceptors (Lipinski definition) is 5. The van der Waals surface area contributed by atoms with Crippen molar-refractivity contribution in [1.82, 2.24) is 10.2 Å². The van der Waals surface area contributed by atoms with Crippen LogP contribution < -0.4 is 10.2 Å². The summed E-state index contributed by atoms with van der Waals surface area (Å²) in [4.78, 5) is 27.9. The molecule has 0 radical (unpaired) electrons. The number of ether oxygens (including phenoxy) is 1. The van der Waals surface area contributed by atoms with Crippen LogP contribution in [0.15, 0.2) is 24.3 Å². The topological polar surface area (TPSA) is 61.9 Å². The first-order valence-corrected chi connectivity index (χ1v) is 8.73. The second kappa shape index (κ2) is 7.82. The molecule has 0 bridgehead atoms. The molecule has 0 aromatic heterocycles. The predicted octanol–water partition coefficient (Wildman–Crippen LogP) is 1.16. The van der Waals surface area contributed by atoms with Gasteiger partial charge in [-0.25, -0.2) is 4.39 Å². The van der Waals surface area contributed by atoms with Crippen molar-refractivity contribution >= 4 is 17.6 Å². The van der Waals surface area contributed by atoms with Crippen LogP contribution in [0.25, 0.3) is 0 Å². The largest absolute Gasteiger partial charge is 0.454 e.